The number of alkyl carbamates (subject to hydrolysis) is 1. The Morgan fingerprint density at radius 2 is 1.47 bits per heavy atom. The Hall–Kier alpha value is -4.32. The van der Waals surface area contributed by atoms with Gasteiger partial charge in [0.05, 0.1) is 6.26 Å². The summed E-state index contributed by atoms with van der Waals surface area (Å²) < 4.78 is 11.0. The fourth-order valence-electron chi connectivity index (χ4n) is 4.57. The Kier molecular flexibility index (Phi) is 5.87. The lowest BCUT2D eigenvalue weighted by molar-refractivity contribution is -0.139. The number of ether oxygens (including phenoxy) is 1. The largest absolute Gasteiger partial charge is 0.480 e. The maximum atomic E-state index is 12.6. The summed E-state index contributed by atoms with van der Waals surface area (Å²) in [6, 6.07) is 25.9. The van der Waals surface area contributed by atoms with Gasteiger partial charge in [-0.3, -0.25) is 0 Å². The normalized spacial score (nSPS) is 13.1. The molecular formula is C28H23NO5. The molecule has 34 heavy (non-hydrogen) atoms. The van der Waals surface area contributed by atoms with Crippen LogP contribution in [0.25, 0.3) is 22.5 Å². The van der Waals surface area contributed by atoms with Crippen molar-refractivity contribution in [1.29, 1.82) is 0 Å². The second-order valence-corrected chi connectivity index (χ2v) is 8.20. The Balaban J connectivity index is 1.28. The number of furan rings is 1. The number of carboxylic acids is 1. The minimum absolute atomic E-state index is 0.0937. The highest BCUT2D eigenvalue weighted by atomic mass is 16.5. The molecule has 0 fully saturated rings. The van der Waals surface area contributed by atoms with Gasteiger partial charge in [-0.15, -0.1) is 0 Å². The van der Waals surface area contributed by atoms with Gasteiger partial charge >= 0.3 is 12.1 Å². The summed E-state index contributed by atoms with van der Waals surface area (Å²) in [5, 5.41) is 12.3. The molecule has 0 saturated carbocycles. The molecule has 0 bridgehead atoms. The summed E-state index contributed by atoms with van der Waals surface area (Å²) in [4.78, 5) is 24.6. The van der Waals surface area contributed by atoms with Crippen LogP contribution in [0.5, 0.6) is 0 Å². The number of amides is 1. The van der Waals surface area contributed by atoms with Gasteiger partial charge in [-0.05, 0) is 39.9 Å². The van der Waals surface area contributed by atoms with Crippen molar-refractivity contribution in [3.8, 4) is 22.5 Å². The predicted octanol–water partition coefficient (Wildman–Crippen LogP) is 5.48. The van der Waals surface area contributed by atoms with Gasteiger partial charge in [-0.1, -0.05) is 72.8 Å². The van der Waals surface area contributed by atoms with E-state index in [0.29, 0.717) is 5.76 Å². The number of hydrogen-bond acceptors (Lipinski definition) is 4. The van der Waals surface area contributed by atoms with Crippen LogP contribution >= 0.6 is 0 Å². The van der Waals surface area contributed by atoms with Crippen LogP contribution in [0.2, 0.25) is 0 Å². The van der Waals surface area contributed by atoms with E-state index in [2.05, 4.69) is 17.4 Å². The first-order valence-corrected chi connectivity index (χ1v) is 11.1. The van der Waals surface area contributed by atoms with E-state index < -0.39 is 18.1 Å². The number of rotatable bonds is 7. The molecule has 6 heteroatoms. The highest BCUT2D eigenvalue weighted by Gasteiger charge is 2.30. The number of fused-ring (bicyclic) bond motifs is 3. The molecule has 6 nitrogen and oxygen atoms in total. The third-order valence-electron chi connectivity index (χ3n) is 6.16. The van der Waals surface area contributed by atoms with Crippen molar-refractivity contribution in [1.82, 2.24) is 5.32 Å². The lowest BCUT2D eigenvalue weighted by Crippen LogP contribution is -2.43. The smallest absolute Gasteiger partial charge is 0.407 e. The molecule has 0 radical (unpaired) electrons. The molecule has 0 spiro atoms. The third kappa shape index (κ3) is 4.18. The number of hydrogen-bond donors (Lipinski definition) is 2. The van der Waals surface area contributed by atoms with Crippen molar-refractivity contribution in [2.75, 3.05) is 6.61 Å². The highest BCUT2D eigenvalue weighted by molar-refractivity contribution is 5.81. The van der Waals surface area contributed by atoms with Gasteiger partial charge in [0, 0.05) is 17.9 Å². The molecule has 170 valence electrons. The van der Waals surface area contributed by atoms with Crippen molar-refractivity contribution in [3.05, 3.63) is 108 Å². The first-order valence-electron chi connectivity index (χ1n) is 11.1. The van der Waals surface area contributed by atoms with E-state index in [4.69, 9.17) is 9.15 Å². The highest BCUT2D eigenvalue weighted by Crippen LogP contribution is 2.44. The summed E-state index contributed by atoms with van der Waals surface area (Å²) >= 11 is 0. The van der Waals surface area contributed by atoms with Crippen LogP contribution in [0.3, 0.4) is 0 Å². The lowest BCUT2D eigenvalue weighted by Gasteiger charge is -2.18. The van der Waals surface area contributed by atoms with Crippen molar-refractivity contribution in [3.63, 3.8) is 0 Å². The molecule has 4 aromatic rings. The second-order valence-electron chi connectivity index (χ2n) is 8.20. The lowest BCUT2D eigenvalue weighted by atomic mass is 9.98. The molecule has 1 heterocycles. The van der Waals surface area contributed by atoms with E-state index in [-0.39, 0.29) is 18.9 Å². The van der Waals surface area contributed by atoms with Crippen LogP contribution in [0.4, 0.5) is 4.79 Å². The van der Waals surface area contributed by atoms with Crippen LogP contribution in [-0.4, -0.2) is 29.8 Å². The van der Waals surface area contributed by atoms with Crippen LogP contribution in [0, 0.1) is 0 Å². The van der Waals surface area contributed by atoms with E-state index in [9.17, 15) is 14.7 Å². The SMILES string of the molecule is O=C(NC(Cc1ccccc1-c1ccco1)C(=O)O)OCC1c2ccccc2-c2ccccc21. The first-order chi connectivity index (χ1) is 16.6. The van der Waals surface area contributed by atoms with Gasteiger partial charge in [-0.2, -0.15) is 0 Å². The molecule has 1 unspecified atom stereocenters. The minimum Gasteiger partial charge on any atom is -0.480 e. The van der Waals surface area contributed by atoms with Crippen molar-refractivity contribution in [2.24, 2.45) is 0 Å². The van der Waals surface area contributed by atoms with E-state index in [1.807, 2.05) is 66.7 Å². The Morgan fingerprint density at radius 1 is 0.853 bits per heavy atom. The average molecular weight is 453 g/mol. The number of nitrogens with one attached hydrogen (secondary N) is 1. The summed E-state index contributed by atoms with van der Waals surface area (Å²) in [5.74, 6) is -0.593. The number of aliphatic carboxylic acids is 1. The van der Waals surface area contributed by atoms with Crippen LogP contribution in [-0.2, 0) is 16.0 Å². The molecule has 0 aliphatic heterocycles. The van der Waals surface area contributed by atoms with E-state index in [0.717, 1.165) is 33.4 Å². The molecule has 5 rings (SSSR count). The Labute approximate surface area is 196 Å². The summed E-state index contributed by atoms with van der Waals surface area (Å²) in [7, 11) is 0. The fraction of sp³-hybridized carbons (Fsp3) is 0.143. The number of carboxylic acid groups (broad SMARTS) is 1. The molecular weight excluding hydrogens is 430 g/mol. The average Bonchev–Trinajstić information content (AvgIpc) is 3.49. The minimum atomic E-state index is -1.15. The standard InChI is InChI=1S/C28H23NO5/c30-27(31)25(16-18-8-1-2-9-19(18)26-14-7-15-33-26)29-28(32)34-17-24-22-12-5-3-10-20(22)21-11-4-6-13-23(21)24/h1-15,24-25H,16-17H2,(H,29,32)(H,30,31). The zero-order chi connectivity index (χ0) is 23.5. The van der Waals surface area contributed by atoms with Crippen LogP contribution in [0.1, 0.15) is 22.6 Å². The molecule has 3 aromatic carbocycles. The monoisotopic (exact) mass is 453 g/mol. The van der Waals surface area contributed by atoms with E-state index in [1.54, 1.807) is 12.3 Å². The summed E-state index contributed by atoms with van der Waals surface area (Å²) in [5.41, 5.74) is 5.99. The molecule has 1 aromatic heterocycles. The topological polar surface area (TPSA) is 88.8 Å². The van der Waals surface area contributed by atoms with Gasteiger partial charge < -0.3 is 19.6 Å². The third-order valence-corrected chi connectivity index (χ3v) is 6.16. The van der Waals surface area contributed by atoms with Gasteiger partial charge in [0.2, 0.25) is 0 Å². The number of carbonyl (C=O) groups excluding carboxylic acids is 1. The van der Waals surface area contributed by atoms with Crippen LogP contribution in [0.15, 0.2) is 95.6 Å². The predicted molar refractivity (Wildman–Crippen MR) is 127 cm³/mol. The first kappa shape index (κ1) is 21.5. The molecule has 2 N–H and O–H groups in total. The van der Waals surface area contributed by atoms with Gasteiger partial charge in [0.25, 0.3) is 0 Å². The Bertz CT molecular complexity index is 1280. The zero-order valence-electron chi connectivity index (χ0n) is 18.3. The van der Waals surface area contributed by atoms with Gasteiger partial charge in [0.15, 0.2) is 0 Å². The maximum absolute atomic E-state index is 12.6. The second kappa shape index (κ2) is 9.27. The maximum Gasteiger partial charge on any atom is 0.407 e. The number of carbonyl (C=O) groups is 2. The van der Waals surface area contributed by atoms with Crippen molar-refractivity contribution in [2.45, 2.75) is 18.4 Å². The van der Waals surface area contributed by atoms with Crippen LogP contribution < -0.4 is 5.32 Å². The molecule has 1 amide bonds. The molecule has 1 aliphatic rings. The fourth-order valence-corrected chi connectivity index (χ4v) is 4.57. The van der Waals surface area contributed by atoms with E-state index in [1.165, 1.54) is 0 Å². The van der Waals surface area contributed by atoms with E-state index >= 15 is 0 Å². The molecule has 0 saturated heterocycles. The summed E-state index contributed by atoms with van der Waals surface area (Å²) in [6.45, 7) is 0.120. The molecule has 1 aliphatic carbocycles. The molecule has 1 atom stereocenters. The van der Waals surface area contributed by atoms with Crippen molar-refractivity contribution >= 4 is 12.1 Å². The van der Waals surface area contributed by atoms with Crippen molar-refractivity contribution < 1.29 is 23.8 Å². The van der Waals surface area contributed by atoms with Gasteiger partial charge in [0.1, 0.15) is 18.4 Å². The summed E-state index contributed by atoms with van der Waals surface area (Å²) in [6.07, 6.45) is 0.899. The zero-order valence-corrected chi connectivity index (χ0v) is 18.3. The number of benzene rings is 3. The van der Waals surface area contributed by atoms with Gasteiger partial charge in [-0.25, -0.2) is 9.59 Å². The Morgan fingerprint density at radius 3 is 2.09 bits per heavy atom. The quantitative estimate of drug-likeness (QED) is 0.387.